The van der Waals surface area contributed by atoms with E-state index in [0.717, 1.165) is 22.5 Å². The van der Waals surface area contributed by atoms with Gasteiger partial charge in [-0.2, -0.15) is 0 Å². The van der Waals surface area contributed by atoms with Crippen LogP contribution in [0.4, 0.5) is 5.95 Å². The van der Waals surface area contributed by atoms with Crippen LogP contribution in [0.15, 0.2) is 48.5 Å². The normalized spacial score (nSPS) is 10.8. The minimum Gasteiger partial charge on any atom is -0.493 e. The monoisotopic (exact) mass is 298 g/mol. The summed E-state index contributed by atoms with van der Waals surface area (Å²) in [5, 5.41) is 0. The zero-order chi connectivity index (χ0) is 15.5. The van der Waals surface area contributed by atoms with E-state index in [4.69, 9.17) is 15.2 Å². The smallest absolute Gasteiger partial charge is 0.355 e. The Labute approximate surface area is 129 Å². The van der Waals surface area contributed by atoms with E-state index in [1.165, 1.54) is 0 Å². The number of ether oxygens (including phenoxy) is 2. The van der Waals surface area contributed by atoms with Gasteiger partial charge in [-0.1, -0.05) is 24.3 Å². The Kier molecular flexibility index (Phi) is 3.87. The standard InChI is InChI=1S/C17H19N3O2/c1-19-13-7-3-4-8-14(13)20(17(19)18)11-12-22-16-10-6-5-9-15(16)21-2/h3-10,18H,11-12H2,1-2H3/p+1. The summed E-state index contributed by atoms with van der Waals surface area (Å²) in [6.45, 7) is 1.19. The number of benzene rings is 2. The number of hydrogen-bond acceptors (Lipinski definition) is 3. The van der Waals surface area contributed by atoms with Crippen LogP contribution in [-0.2, 0) is 13.6 Å². The van der Waals surface area contributed by atoms with Gasteiger partial charge in [0, 0.05) is 0 Å². The maximum Gasteiger partial charge on any atom is 0.355 e. The maximum absolute atomic E-state index is 6.20. The van der Waals surface area contributed by atoms with Gasteiger partial charge in [-0.15, -0.1) is 0 Å². The van der Waals surface area contributed by atoms with E-state index >= 15 is 0 Å². The topological polar surface area (TPSA) is 53.3 Å². The van der Waals surface area contributed by atoms with Crippen molar-refractivity contribution in [1.29, 1.82) is 0 Å². The molecule has 0 bridgehead atoms. The fourth-order valence-electron chi connectivity index (χ4n) is 2.62. The van der Waals surface area contributed by atoms with Crippen molar-refractivity contribution < 1.29 is 14.0 Å². The molecule has 0 amide bonds. The van der Waals surface area contributed by atoms with Gasteiger partial charge in [0.25, 0.3) is 0 Å². The van der Waals surface area contributed by atoms with Crippen LogP contribution in [-0.4, -0.2) is 18.3 Å². The first kappa shape index (κ1) is 14.3. The number of aromatic nitrogens is 2. The van der Waals surface area contributed by atoms with Gasteiger partial charge < -0.3 is 9.47 Å². The van der Waals surface area contributed by atoms with E-state index in [1.54, 1.807) is 7.11 Å². The van der Waals surface area contributed by atoms with Crippen LogP contribution in [0, 0.1) is 0 Å². The number of anilines is 1. The molecule has 3 aromatic rings. The Hall–Kier alpha value is -2.69. The van der Waals surface area contributed by atoms with Gasteiger partial charge in [-0.25, -0.2) is 9.13 Å². The zero-order valence-corrected chi connectivity index (χ0v) is 12.8. The summed E-state index contributed by atoms with van der Waals surface area (Å²) in [6.07, 6.45) is 0. The van der Waals surface area contributed by atoms with Gasteiger partial charge in [0.1, 0.15) is 24.2 Å². The lowest BCUT2D eigenvalue weighted by atomic mass is 10.3. The molecule has 0 radical (unpaired) electrons. The van der Waals surface area contributed by atoms with Crippen molar-refractivity contribution in [3.8, 4) is 11.5 Å². The molecular weight excluding hydrogens is 278 g/mol. The molecule has 0 saturated heterocycles. The Morgan fingerprint density at radius 2 is 1.73 bits per heavy atom. The Morgan fingerprint density at radius 1 is 1.05 bits per heavy atom. The molecular formula is C17H20N3O2+. The third kappa shape index (κ3) is 2.45. The molecule has 2 aromatic carbocycles. The molecule has 0 atom stereocenters. The van der Waals surface area contributed by atoms with Crippen molar-refractivity contribution in [2.45, 2.75) is 6.54 Å². The highest BCUT2D eigenvalue weighted by atomic mass is 16.5. The number of fused-ring (bicyclic) bond motifs is 1. The number of para-hydroxylation sites is 4. The van der Waals surface area contributed by atoms with Crippen LogP contribution in [0.25, 0.3) is 11.0 Å². The summed E-state index contributed by atoms with van der Waals surface area (Å²) in [5.74, 6) is 2.19. The second kappa shape index (κ2) is 5.97. The molecule has 0 aliphatic rings. The van der Waals surface area contributed by atoms with Crippen molar-refractivity contribution in [3.63, 3.8) is 0 Å². The average molecular weight is 298 g/mol. The predicted octanol–water partition coefficient (Wildman–Crippen LogP) is 2.14. The van der Waals surface area contributed by atoms with E-state index in [2.05, 4.69) is 16.7 Å². The number of nitrogens with zero attached hydrogens (tertiary/aromatic N) is 2. The molecule has 2 N–H and O–H groups in total. The molecule has 0 aliphatic carbocycles. The average Bonchev–Trinajstić information content (AvgIpc) is 2.80. The number of nitrogen functional groups attached to an aromatic ring is 1. The van der Waals surface area contributed by atoms with Gasteiger partial charge in [0.2, 0.25) is 0 Å². The third-order valence-electron chi connectivity index (χ3n) is 3.80. The fraction of sp³-hybridized carbons (Fsp3) is 0.235. The first-order chi connectivity index (χ1) is 10.7. The Morgan fingerprint density at radius 3 is 2.50 bits per heavy atom. The van der Waals surface area contributed by atoms with Crippen LogP contribution >= 0.6 is 0 Å². The molecule has 5 nitrogen and oxygen atoms in total. The quantitative estimate of drug-likeness (QED) is 0.734. The van der Waals surface area contributed by atoms with Crippen molar-refractivity contribution in [2.75, 3.05) is 19.5 Å². The molecule has 5 heteroatoms. The summed E-state index contributed by atoms with van der Waals surface area (Å²) in [7, 11) is 3.61. The third-order valence-corrected chi connectivity index (χ3v) is 3.80. The van der Waals surface area contributed by atoms with Crippen LogP contribution in [0.5, 0.6) is 11.5 Å². The van der Waals surface area contributed by atoms with Crippen LogP contribution in [0.2, 0.25) is 0 Å². The number of rotatable bonds is 5. The summed E-state index contributed by atoms with van der Waals surface area (Å²) in [6, 6.07) is 15.8. The molecule has 0 fully saturated rings. The summed E-state index contributed by atoms with van der Waals surface area (Å²) >= 11 is 0. The lowest BCUT2D eigenvalue weighted by molar-refractivity contribution is -0.630. The van der Waals surface area contributed by atoms with Crippen LogP contribution < -0.4 is 19.8 Å². The Bertz CT molecular complexity index is 796. The fourth-order valence-corrected chi connectivity index (χ4v) is 2.62. The maximum atomic E-state index is 6.20. The second-order valence-corrected chi connectivity index (χ2v) is 5.06. The highest BCUT2D eigenvalue weighted by molar-refractivity contribution is 5.73. The van der Waals surface area contributed by atoms with Crippen LogP contribution in [0.1, 0.15) is 0 Å². The lowest BCUT2D eigenvalue weighted by Gasteiger charge is -2.09. The molecule has 22 heavy (non-hydrogen) atoms. The lowest BCUT2D eigenvalue weighted by Crippen LogP contribution is -2.31. The molecule has 0 spiro atoms. The van der Waals surface area contributed by atoms with Crippen LogP contribution in [0.3, 0.4) is 0 Å². The zero-order valence-electron chi connectivity index (χ0n) is 12.8. The number of imidazole rings is 1. The molecule has 0 aliphatic heterocycles. The number of methoxy groups -OCH3 is 1. The van der Waals surface area contributed by atoms with Crippen molar-refractivity contribution >= 4 is 17.0 Å². The molecule has 1 aromatic heterocycles. The first-order valence-corrected chi connectivity index (χ1v) is 7.21. The number of nitrogens with two attached hydrogens (primary N) is 1. The van der Waals surface area contributed by atoms with Gasteiger partial charge in [-0.3, -0.25) is 5.73 Å². The summed E-state index contributed by atoms with van der Waals surface area (Å²) < 4.78 is 15.2. The minimum absolute atomic E-state index is 0.517. The molecule has 114 valence electrons. The molecule has 1 heterocycles. The van der Waals surface area contributed by atoms with Crippen molar-refractivity contribution in [2.24, 2.45) is 7.05 Å². The van der Waals surface area contributed by atoms with E-state index in [-0.39, 0.29) is 0 Å². The van der Waals surface area contributed by atoms with Crippen molar-refractivity contribution in [3.05, 3.63) is 48.5 Å². The SMILES string of the molecule is COc1ccccc1OCCn1c(N)[n+](C)c2ccccc21. The predicted molar refractivity (Wildman–Crippen MR) is 86.0 cm³/mol. The highest BCUT2D eigenvalue weighted by Crippen LogP contribution is 2.25. The largest absolute Gasteiger partial charge is 0.493 e. The molecule has 3 rings (SSSR count). The van der Waals surface area contributed by atoms with Gasteiger partial charge in [0.15, 0.2) is 11.5 Å². The summed E-state index contributed by atoms with van der Waals surface area (Å²) in [4.78, 5) is 0. The second-order valence-electron chi connectivity index (χ2n) is 5.06. The van der Waals surface area contributed by atoms with Crippen molar-refractivity contribution in [1.82, 2.24) is 4.57 Å². The number of aryl methyl sites for hydroxylation is 1. The molecule has 0 unspecified atom stereocenters. The number of hydrogen-bond donors (Lipinski definition) is 1. The van der Waals surface area contributed by atoms with E-state index in [1.807, 2.05) is 48.0 Å². The summed E-state index contributed by atoms with van der Waals surface area (Å²) in [5.41, 5.74) is 8.41. The minimum atomic E-state index is 0.517. The van der Waals surface area contributed by atoms with Gasteiger partial charge >= 0.3 is 5.95 Å². The Balaban J connectivity index is 1.79. The first-order valence-electron chi connectivity index (χ1n) is 7.21. The molecule has 0 saturated carbocycles. The van der Waals surface area contributed by atoms with Gasteiger partial charge in [-0.05, 0) is 24.3 Å². The van der Waals surface area contributed by atoms with E-state index < -0.39 is 0 Å². The van der Waals surface area contributed by atoms with E-state index in [9.17, 15) is 0 Å². The van der Waals surface area contributed by atoms with E-state index in [0.29, 0.717) is 19.1 Å². The highest BCUT2D eigenvalue weighted by Gasteiger charge is 2.17. The van der Waals surface area contributed by atoms with Gasteiger partial charge in [0.05, 0.1) is 14.2 Å².